The van der Waals surface area contributed by atoms with Gasteiger partial charge in [0.2, 0.25) is 0 Å². The molecule has 0 bridgehead atoms. The molecule has 17 heavy (non-hydrogen) atoms. The highest BCUT2D eigenvalue weighted by molar-refractivity contribution is 9.10. The first kappa shape index (κ1) is 14.2. The number of nitrogens with zero attached hydrogens (tertiary/aromatic N) is 1. The standard InChI is InChI=1S/C10H12BrF3N2O/c1-3-15-8(10(12,13)14)6-4-5-7(17-2)9(11)16-6/h4-5,8,15H,3H2,1-2H3. The van der Waals surface area contributed by atoms with Crippen molar-refractivity contribution >= 4 is 15.9 Å². The van der Waals surface area contributed by atoms with Gasteiger partial charge in [-0.2, -0.15) is 13.2 Å². The monoisotopic (exact) mass is 312 g/mol. The third-order valence-electron chi connectivity index (χ3n) is 2.09. The molecule has 0 spiro atoms. The minimum Gasteiger partial charge on any atom is -0.494 e. The van der Waals surface area contributed by atoms with E-state index in [1.165, 1.54) is 19.2 Å². The number of pyridine rings is 1. The number of nitrogens with one attached hydrogen (secondary N) is 1. The zero-order valence-electron chi connectivity index (χ0n) is 9.31. The van der Waals surface area contributed by atoms with Crippen molar-refractivity contribution in [1.82, 2.24) is 10.3 Å². The van der Waals surface area contributed by atoms with Gasteiger partial charge in [-0.05, 0) is 34.6 Å². The molecule has 0 saturated heterocycles. The Labute approximate surface area is 106 Å². The third kappa shape index (κ3) is 3.57. The summed E-state index contributed by atoms with van der Waals surface area (Å²) in [7, 11) is 1.42. The lowest BCUT2D eigenvalue weighted by Crippen LogP contribution is -2.34. The van der Waals surface area contributed by atoms with Crippen LogP contribution in [0.15, 0.2) is 16.7 Å². The van der Waals surface area contributed by atoms with Crippen LogP contribution >= 0.6 is 15.9 Å². The topological polar surface area (TPSA) is 34.1 Å². The lowest BCUT2D eigenvalue weighted by molar-refractivity contribution is -0.158. The molecule has 0 aliphatic heterocycles. The Morgan fingerprint density at radius 3 is 2.53 bits per heavy atom. The van der Waals surface area contributed by atoms with E-state index >= 15 is 0 Å². The first-order valence-corrected chi connectivity index (χ1v) is 5.70. The lowest BCUT2D eigenvalue weighted by atomic mass is 10.2. The Morgan fingerprint density at radius 1 is 1.47 bits per heavy atom. The van der Waals surface area contributed by atoms with Crippen LogP contribution in [0.2, 0.25) is 0 Å². The Bertz CT molecular complexity index is 384. The zero-order valence-corrected chi connectivity index (χ0v) is 10.9. The number of aromatic nitrogens is 1. The fourth-order valence-corrected chi connectivity index (χ4v) is 1.84. The minimum atomic E-state index is -4.38. The summed E-state index contributed by atoms with van der Waals surface area (Å²) in [5.41, 5.74) is -0.0907. The van der Waals surface area contributed by atoms with Crippen LogP contribution in [-0.4, -0.2) is 24.8 Å². The maximum absolute atomic E-state index is 12.8. The summed E-state index contributed by atoms with van der Waals surface area (Å²) < 4.78 is 43.4. The second-order valence-corrected chi connectivity index (χ2v) is 4.01. The van der Waals surface area contributed by atoms with Crippen LogP contribution in [0.1, 0.15) is 18.7 Å². The smallest absolute Gasteiger partial charge is 0.409 e. The van der Waals surface area contributed by atoms with Crippen molar-refractivity contribution < 1.29 is 17.9 Å². The molecule has 1 unspecified atom stereocenters. The first-order chi connectivity index (χ1) is 7.90. The third-order valence-corrected chi connectivity index (χ3v) is 2.66. The van der Waals surface area contributed by atoms with E-state index in [2.05, 4.69) is 26.2 Å². The van der Waals surface area contributed by atoms with E-state index in [4.69, 9.17) is 4.74 Å². The lowest BCUT2D eigenvalue weighted by Gasteiger charge is -2.20. The van der Waals surface area contributed by atoms with E-state index in [0.717, 1.165) is 0 Å². The van der Waals surface area contributed by atoms with Crippen molar-refractivity contribution in [3.8, 4) is 5.75 Å². The van der Waals surface area contributed by atoms with E-state index in [1.807, 2.05) is 0 Å². The van der Waals surface area contributed by atoms with Gasteiger partial charge >= 0.3 is 6.18 Å². The number of rotatable bonds is 4. The summed E-state index contributed by atoms with van der Waals surface area (Å²) in [6.45, 7) is 1.81. The molecular weight excluding hydrogens is 301 g/mol. The van der Waals surface area contributed by atoms with Gasteiger partial charge in [0.15, 0.2) is 5.75 Å². The Balaban J connectivity index is 3.07. The maximum atomic E-state index is 12.8. The van der Waals surface area contributed by atoms with E-state index in [0.29, 0.717) is 5.75 Å². The maximum Gasteiger partial charge on any atom is 0.409 e. The quantitative estimate of drug-likeness (QED) is 0.868. The molecular formula is C10H12BrF3N2O. The molecule has 1 atom stereocenters. The summed E-state index contributed by atoms with van der Waals surface area (Å²) in [4.78, 5) is 3.84. The highest BCUT2D eigenvalue weighted by Crippen LogP contribution is 2.33. The number of hydrogen-bond donors (Lipinski definition) is 1. The Morgan fingerprint density at radius 2 is 2.12 bits per heavy atom. The van der Waals surface area contributed by atoms with Gasteiger partial charge in [0.1, 0.15) is 10.6 Å². The summed E-state index contributed by atoms with van der Waals surface area (Å²) in [5.74, 6) is 0.395. The second-order valence-electron chi connectivity index (χ2n) is 3.26. The van der Waals surface area contributed by atoms with Crippen molar-refractivity contribution in [2.45, 2.75) is 19.1 Å². The van der Waals surface area contributed by atoms with Gasteiger partial charge in [0.25, 0.3) is 0 Å². The van der Waals surface area contributed by atoms with Crippen LogP contribution in [0.3, 0.4) is 0 Å². The SMILES string of the molecule is CCNC(c1ccc(OC)c(Br)n1)C(F)(F)F. The van der Waals surface area contributed by atoms with Crippen molar-refractivity contribution in [2.24, 2.45) is 0 Å². The van der Waals surface area contributed by atoms with Crippen molar-refractivity contribution in [1.29, 1.82) is 0 Å². The van der Waals surface area contributed by atoms with Crippen LogP contribution in [0, 0.1) is 0 Å². The largest absolute Gasteiger partial charge is 0.494 e. The fraction of sp³-hybridized carbons (Fsp3) is 0.500. The summed E-state index contributed by atoms with van der Waals surface area (Å²) in [6.07, 6.45) is -4.38. The normalized spacial score (nSPS) is 13.5. The van der Waals surface area contributed by atoms with E-state index in [-0.39, 0.29) is 16.8 Å². The Kier molecular flexibility index (Phi) is 4.76. The van der Waals surface area contributed by atoms with Crippen LogP contribution in [0.5, 0.6) is 5.75 Å². The first-order valence-electron chi connectivity index (χ1n) is 4.90. The fourth-order valence-electron chi connectivity index (χ4n) is 1.34. The van der Waals surface area contributed by atoms with Crippen molar-refractivity contribution in [3.05, 3.63) is 22.4 Å². The summed E-state index contributed by atoms with van der Waals surface area (Å²) in [5, 5.41) is 2.35. The predicted molar refractivity (Wildman–Crippen MR) is 61.0 cm³/mol. The number of methoxy groups -OCH3 is 1. The second kappa shape index (κ2) is 5.68. The van der Waals surface area contributed by atoms with E-state index in [1.54, 1.807) is 6.92 Å². The van der Waals surface area contributed by atoms with Crippen LogP contribution in [0.4, 0.5) is 13.2 Å². The van der Waals surface area contributed by atoms with E-state index in [9.17, 15) is 13.2 Å². The van der Waals surface area contributed by atoms with Gasteiger partial charge in [-0.1, -0.05) is 6.92 Å². The molecule has 0 radical (unpaired) electrons. The molecule has 1 aromatic heterocycles. The molecule has 1 N–H and O–H groups in total. The average molecular weight is 313 g/mol. The average Bonchev–Trinajstić information content (AvgIpc) is 2.24. The van der Waals surface area contributed by atoms with Gasteiger partial charge in [-0.25, -0.2) is 4.98 Å². The summed E-state index contributed by atoms with van der Waals surface area (Å²) in [6, 6.07) is 0.974. The molecule has 0 aliphatic carbocycles. The van der Waals surface area contributed by atoms with Crippen molar-refractivity contribution in [2.75, 3.05) is 13.7 Å². The highest BCUT2D eigenvalue weighted by atomic mass is 79.9. The number of hydrogen-bond acceptors (Lipinski definition) is 3. The molecule has 0 saturated carbocycles. The molecule has 0 aromatic carbocycles. The Hall–Kier alpha value is -0.820. The molecule has 0 aliphatic rings. The van der Waals surface area contributed by atoms with Crippen molar-refractivity contribution in [3.63, 3.8) is 0 Å². The van der Waals surface area contributed by atoms with Crippen LogP contribution in [-0.2, 0) is 0 Å². The zero-order chi connectivity index (χ0) is 13.1. The van der Waals surface area contributed by atoms with Crippen LogP contribution < -0.4 is 10.1 Å². The predicted octanol–water partition coefficient (Wildman–Crippen LogP) is 3.07. The van der Waals surface area contributed by atoms with Gasteiger partial charge in [-0.15, -0.1) is 0 Å². The van der Waals surface area contributed by atoms with Crippen LogP contribution in [0.25, 0.3) is 0 Å². The molecule has 0 amide bonds. The number of alkyl halides is 3. The molecule has 1 heterocycles. The molecule has 7 heteroatoms. The highest BCUT2D eigenvalue weighted by Gasteiger charge is 2.41. The van der Waals surface area contributed by atoms with Gasteiger partial charge in [0, 0.05) is 0 Å². The number of ether oxygens (including phenoxy) is 1. The molecule has 3 nitrogen and oxygen atoms in total. The minimum absolute atomic E-state index is 0.0907. The molecule has 96 valence electrons. The molecule has 1 rings (SSSR count). The van der Waals surface area contributed by atoms with Gasteiger partial charge < -0.3 is 10.1 Å². The molecule has 1 aromatic rings. The molecule has 0 fully saturated rings. The van der Waals surface area contributed by atoms with E-state index < -0.39 is 12.2 Å². The van der Waals surface area contributed by atoms with Gasteiger partial charge in [0.05, 0.1) is 12.8 Å². The van der Waals surface area contributed by atoms with Gasteiger partial charge in [-0.3, -0.25) is 0 Å². The number of halogens is 4. The summed E-state index contributed by atoms with van der Waals surface area (Å²) >= 11 is 3.06.